The van der Waals surface area contributed by atoms with Gasteiger partial charge in [0.1, 0.15) is 17.2 Å². The predicted octanol–water partition coefficient (Wildman–Crippen LogP) is 3.84. The Morgan fingerprint density at radius 1 is 1.08 bits per heavy atom. The minimum atomic E-state index is -3.71. The molecule has 2 aromatic carbocycles. The fourth-order valence-electron chi connectivity index (χ4n) is 3.77. The lowest BCUT2D eigenvalue weighted by Gasteiger charge is -2.20. The Balaban J connectivity index is 2.07. The minimum Gasteiger partial charge on any atom is -0.465 e. The summed E-state index contributed by atoms with van der Waals surface area (Å²) in [7, 11) is 0.370. The van der Waals surface area contributed by atoms with Crippen LogP contribution in [-0.4, -0.2) is 52.7 Å². The van der Waals surface area contributed by atoms with Gasteiger partial charge in [-0.25, -0.2) is 17.6 Å². The van der Waals surface area contributed by atoms with Gasteiger partial charge in [0.25, 0.3) is 5.91 Å². The number of nitrogens with zero attached hydrogens (tertiary/aromatic N) is 2. The van der Waals surface area contributed by atoms with E-state index < -0.39 is 27.7 Å². The van der Waals surface area contributed by atoms with Crippen LogP contribution in [0.3, 0.4) is 0 Å². The van der Waals surface area contributed by atoms with Crippen molar-refractivity contribution in [1.29, 1.82) is 0 Å². The number of halogens is 1. The quantitative estimate of drug-likeness (QED) is 0.391. The predicted molar refractivity (Wildman–Crippen MR) is 133 cm³/mol. The van der Waals surface area contributed by atoms with Crippen LogP contribution in [0.2, 0.25) is 0 Å². The van der Waals surface area contributed by atoms with Crippen molar-refractivity contribution in [3.63, 3.8) is 0 Å². The van der Waals surface area contributed by atoms with Gasteiger partial charge >= 0.3 is 5.97 Å². The maximum atomic E-state index is 13.5. The maximum absolute atomic E-state index is 13.5. The van der Waals surface area contributed by atoms with E-state index in [9.17, 15) is 22.4 Å². The number of methoxy groups -OCH3 is 1. The number of pyridine rings is 1. The molecular weight excluding hydrogens is 489 g/mol. The summed E-state index contributed by atoms with van der Waals surface area (Å²) in [5, 5.41) is 2.97. The largest absolute Gasteiger partial charge is 0.465 e. The van der Waals surface area contributed by atoms with Gasteiger partial charge in [-0.05, 0) is 36.4 Å². The number of carbonyl (C=O) groups excluding carboxylic acids is 2. The van der Waals surface area contributed by atoms with E-state index >= 15 is 0 Å². The number of benzene rings is 2. The summed E-state index contributed by atoms with van der Waals surface area (Å²) in [5.41, 5.74) is 2.07. The first kappa shape index (κ1) is 24.9. The number of ether oxygens (including phenoxy) is 1. The number of hydrogen-bond donors (Lipinski definition) is 1. The van der Waals surface area contributed by atoms with Crippen LogP contribution in [0.15, 0.2) is 59.3 Å². The first-order valence-corrected chi connectivity index (χ1v) is 12.5. The molecule has 1 amide bonds. The Hall–Kier alpha value is -4.25. The van der Waals surface area contributed by atoms with Crippen LogP contribution in [0, 0.1) is 5.82 Å². The van der Waals surface area contributed by atoms with E-state index in [1.807, 2.05) is 0 Å². The van der Waals surface area contributed by atoms with Crippen LogP contribution in [0.4, 0.5) is 10.1 Å². The molecule has 4 aromatic rings. The number of amides is 1. The molecule has 4 rings (SSSR count). The molecular formula is C25H22FN3O6S. The zero-order valence-electron chi connectivity index (χ0n) is 19.8. The molecule has 36 heavy (non-hydrogen) atoms. The van der Waals surface area contributed by atoms with Gasteiger partial charge in [-0.15, -0.1) is 0 Å². The van der Waals surface area contributed by atoms with Crippen LogP contribution in [0.1, 0.15) is 20.7 Å². The van der Waals surface area contributed by atoms with Gasteiger partial charge in [0.05, 0.1) is 30.2 Å². The van der Waals surface area contributed by atoms with Gasteiger partial charge < -0.3 is 14.5 Å². The van der Waals surface area contributed by atoms with Gasteiger partial charge in [-0.3, -0.25) is 14.1 Å². The lowest BCUT2D eigenvalue weighted by molar-refractivity contribution is 0.0600. The molecule has 186 valence electrons. The third-order valence-electron chi connectivity index (χ3n) is 5.67. The number of nitrogens with one attached hydrogen (secondary N) is 1. The molecule has 0 spiro atoms. The monoisotopic (exact) mass is 511 g/mol. The van der Waals surface area contributed by atoms with Crippen molar-refractivity contribution in [2.24, 2.45) is 0 Å². The van der Waals surface area contributed by atoms with Crippen molar-refractivity contribution < 1.29 is 31.6 Å². The molecule has 0 aliphatic carbocycles. The molecule has 0 fully saturated rings. The molecule has 2 heterocycles. The molecule has 9 nitrogen and oxygen atoms in total. The first-order chi connectivity index (χ1) is 17.0. The number of aromatic nitrogens is 1. The number of fused-ring (bicyclic) bond motifs is 1. The third-order valence-corrected chi connectivity index (χ3v) is 6.87. The second-order valence-corrected chi connectivity index (χ2v) is 9.96. The fourth-order valence-corrected chi connectivity index (χ4v) is 4.28. The molecule has 0 bridgehead atoms. The first-order valence-electron chi connectivity index (χ1n) is 10.6. The molecule has 11 heteroatoms. The number of esters is 1. The Bertz CT molecular complexity index is 1600. The van der Waals surface area contributed by atoms with Crippen LogP contribution in [-0.2, 0) is 14.8 Å². The zero-order valence-corrected chi connectivity index (χ0v) is 20.6. The summed E-state index contributed by atoms with van der Waals surface area (Å²) in [6.07, 6.45) is 3.84. The van der Waals surface area contributed by atoms with Crippen LogP contribution < -0.4 is 9.62 Å². The van der Waals surface area contributed by atoms with Crippen LogP contribution in [0.5, 0.6) is 0 Å². The average molecular weight is 512 g/mol. The molecule has 0 radical (unpaired) electrons. The van der Waals surface area contributed by atoms with Crippen molar-refractivity contribution >= 4 is 38.6 Å². The van der Waals surface area contributed by atoms with Crippen molar-refractivity contribution in [3.05, 3.63) is 71.8 Å². The molecule has 0 saturated heterocycles. The van der Waals surface area contributed by atoms with Crippen molar-refractivity contribution in [2.75, 3.05) is 31.8 Å². The van der Waals surface area contributed by atoms with E-state index in [0.717, 1.165) is 10.6 Å². The highest BCUT2D eigenvalue weighted by Crippen LogP contribution is 2.41. The Kier molecular flexibility index (Phi) is 6.51. The van der Waals surface area contributed by atoms with Crippen LogP contribution >= 0.6 is 0 Å². The summed E-state index contributed by atoms with van der Waals surface area (Å²) in [5.74, 6) is -1.33. The van der Waals surface area contributed by atoms with E-state index in [2.05, 4.69) is 10.3 Å². The SMILES string of the molecule is CNC(=O)c1c(-c2ccc(F)cc2)oc2cc(N(C)S(C)(=O)=O)c(-c3cncc(C(=O)OC)c3)cc12. The number of anilines is 1. The number of rotatable bonds is 6. The van der Waals surface area contributed by atoms with Crippen molar-refractivity contribution in [3.8, 4) is 22.5 Å². The second-order valence-electron chi connectivity index (χ2n) is 7.94. The number of hydrogen-bond acceptors (Lipinski definition) is 7. The van der Waals surface area contributed by atoms with E-state index in [1.54, 1.807) is 6.07 Å². The summed E-state index contributed by atoms with van der Waals surface area (Å²) in [6.45, 7) is 0. The second kappa shape index (κ2) is 9.42. The van der Waals surface area contributed by atoms with Gasteiger partial charge in [0, 0.05) is 54.6 Å². The Labute approximate surface area is 206 Å². The van der Waals surface area contributed by atoms with Crippen molar-refractivity contribution in [1.82, 2.24) is 10.3 Å². The average Bonchev–Trinajstić information content (AvgIpc) is 3.24. The Morgan fingerprint density at radius 2 is 1.78 bits per heavy atom. The molecule has 0 aliphatic heterocycles. The van der Waals surface area contributed by atoms with Gasteiger partial charge in [-0.1, -0.05) is 0 Å². The maximum Gasteiger partial charge on any atom is 0.339 e. The standard InChI is InChI=1S/C25H22FN3O6S/c1-27-24(30)22-19-10-18(15-9-16(13-28-12-15)25(31)34-3)20(29(2)36(4,32)33)11-21(19)35-23(22)14-5-7-17(26)8-6-14/h5-13H,1-4H3,(H,27,30). The van der Waals surface area contributed by atoms with Gasteiger partial charge in [-0.2, -0.15) is 0 Å². The topological polar surface area (TPSA) is 119 Å². The summed E-state index contributed by atoms with van der Waals surface area (Å²) in [6, 6.07) is 10.1. The lowest BCUT2D eigenvalue weighted by atomic mass is 9.98. The van der Waals surface area contributed by atoms with E-state index in [4.69, 9.17) is 9.15 Å². The van der Waals surface area contributed by atoms with Crippen molar-refractivity contribution in [2.45, 2.75) is 0 Å². The Morgan fingerprint density at radius 3 is 2.39 bits per heavy atom. The molecule has 0 atom stereocenters. The molecule has 2 aromatic heterocycles. The summed E-state index contributed by atoms with van der Waals surface area (Å²) in [4.78, 5) is 29.1. The van der Waals surface area contributed by atoms with Gasteiger partial charge in [0.2, 0.25) is 10.0 Å². The number of furan rings is 1. The lowest BCUT2D eigenvalue weighted by Crippen LogP contribution is -2.25. The molecule has 0 aliphatic rings. The highest BCUT2D eigenvalue weighted by atomic mass is 32.2. The summed E-state index contributed by atoms with van der Waals surface area (Å²) >= 11 is 0. The zero-order chi connectivity index (χ0) is 26.2. The number of sulfonamides is 1. The van der Waals surface area contributed by atoms with E-state index in [0.29, 0.717) is 22.1 Å². The smallest absolute Gasteiger partial charge is 0.339 e. The van der Waals surface area contributed by atoms with E-state index in [1.165, 1.54) is 70.0 Å². The number of carbonyl (C=O) groups is 2. The molecule has 0 unspecified atom stereocenters. The minimum absolute atomic E-state index is 0.161. The highest BCUT2D eigenvalue weighted by Gasteiger charge is 2.26. The van der Waals surface area contributed by atoms with E-state index in [-0.39, 0.29) is 28.2 Å². The van der Waals surface area contributed by atoms with Gasteiger partial charge in [0.15, 0.2) is 0 Å². The third kappa shape index (κ3) is 4.52. The molecule has 0 saturated carbocycles. The highest BCUT2D eigenvalue weighted by molar-refractivity contribution is 7.92. The molecule has 1 N–H and O–H groups in total. The fraction of sp³-hybridized carbons (Fsp3) is 0.160. The summed E-state index contributed by atoms with van der Waals surface area (Å²) < 4.78 is 50.3. The van der Waals surface area contributed by atoms with Crippen LogP contribution in [0.25, 0.3) is 33.4 Å². The normalized spacial score (nSPS) is 11.4.